The standard InChI is InChI=1S/C16H25N3O6S/c1-10-14(11(2)25-17-10)26(22,23)19-8-6-7-13(9-19)16(21)24-12(3)15(20)18(4)5/h12-13H,6-9H2,1-5H3. The zero-order chi connectivity index (χ0) is 19.6. The van der Waals surface area contributed by atoms with Crippen molar-refractivity contribution < 1.29 is 27.3 Å². The van der Waals surface area contributed by atoms with E-state index in [4.69, 9.17) is 9.26 Å². The van der Waals surface area contributed by atoms with Crippen molar-refractivity contribution in [2.24, 2.45) is 5.92 Å². The van der Waals surface area contributed by atoms with E-state index in [1.54, 1.807) is 21.0 Å². The van der Waals surface area contributed by atoms with Crippen molar-refractivity contribution in [2.45, 2.75) is 44.6 Å². The number of carbonyl (C=O) groups is 2. The number of aryl methyl sites for hydroxylation is 2. The van der Waals surface area contributed by atoms with Crippen LogP contribution in [0.2, 0.25) is 0 Å². The number of rotatable bonds is 5. The Hall–Kier alpha value is -1.94. The summed E-state index contributed by atoms with van der Waals surface area (Å²) < 4.78 is 37.2. The van der Waals surface area contributed by atoms with E-state index in [1.807, 2.05) is 0 Å². The molecule has 26 heavy (non-hydrogen) atoms. The minimum atomic E-state index is -3.81. The number of hydrogen-bond donors (Lipinski definition) is 0. The molecule has 1 aromatic heterocycles. The van der Waals surface area contributed by atoms with Gasteiger partial charge in [-0.3, -0.25) is 9.59 Å². The summed E-state index contributed by atoms with van der Waals surface area (Å²) in [4.78, 5) is 25.6. The number of carbonyl (C=O) groups excluding carboxylic acids is 2. The Labute approximate surface area is 153 Å². The van der Waals surface area contributed by atoms with Gasteiger partial charge in [0.25, 0.3) is 5.91 Å². The van der Waals surface area contributed by atoms with E-state index in [0.29, 0.717) is 19.4 Å². The minimum Gasteiger partial charge on any atom is -0.452 e. The molecule has 0 N–H and O–H groups in total. The van der Waals surface area contributed by atoms with Crippen LogP contribution < -0.4 is 0 Å². The van der Waals surface area contributed by atoms with E-state index in [1.165, 1.54) is 23.1 Å². The van der Waals surface area contributed by atoms with Crippen molar-refractivity contribution in [3.8, 4) is 0 Å². The first-order valence-electron chi connectivity index (χ1n) is 8.40. The number of piperidine rings is 1. The first-order valence-corrected chi connectivity index (χ1v) is 9.84. The lowest BCUT2D eigenvalue weighted by molar-refractivity contribution is -0.162. The highest BCUT2D eigenvalue weighted by atomic mass is 32.2. The highest BCUT2D eigenvalue weighted by molar-refractivity contribution is 7.89. The molecule has 1 saturated heterocycles. The summed E-state index contributed by atoms with van der Waals surface area (Å²) in [7, 11) is -0.661. The molecule has 0 bridgehead atoms. The van der Waals surface area contributed by atoms with E-state index >= 15 is 0 Å². The maximum absolute atomic E-state index is 12.9. The SMILES string of the molecule is Cc1noc(C)c1S(=O)(=O)N1CCCC(C(=O)OC(C)C(=O)N(C)C)C1. The Kier molecular flexibility index (Phi) is 6.07. The predicted octanol–water partition coefficient (Wildman–Crippen LogP) is 0.712. The number of sulfonamides is 1. The van der Waals surface area contributed by atoms with E-state index in [-0.39, 0.29) is 28.8 Å². The summed E-state index contributed by atoms with van der Waals surface area (Å²) in [6.45, 7) is 4.92. The van der Waals surface area contributed by atoms with Gasteiger partial charge in [-0.2, -0.15) is 4.31 Å². The Bertz CT molecular complexity index is 766. The topological polar surface area (TPSA) is 110 Å². The average Bonchev–Trinajstić information content (AvgIpc) is 2.93. The molecule has 1 aromatic rings. The number of likely N-dealkylation sites (N-methyl/N-ethyl adjacent to an activating group) is 1. The lowest BCUT2D eigenvalue weighted by atomic mass is 10.00. The third kappa shape index (κ3) is 4.07. The molecule has 2 heterocycles. The average molecular weight is 387 g/mol. The molecule has 0 spiro atoms. The van der Waals surface area contributed by atoms with Gasteiger partial charge in [0.1, 0.15) is 10.6 Å². The first kappa shape index (κ1) is 20.4. The maximum Gasteiger partial charge on any atom is 0.311 e. The van der Waals surface area contributed by atoms with Crippen LogP contribution in [0.5, 0.6) is 0 Å². The fraction of sp³-hybridized carbons (Fsp3) is 0.688. The Morgan fingerprint density at radius 3 is 2.54 bits per heavy atom. The molecule has 2 atom stereocenters. The lowest BCUT2D eigenvalue weighted by Gasteiger charge is -2.31. The molecule has 1 fully saturated rings. The van der Waals surface area contributed by atoms with Gasteiger partial charge in [-0.25, -0.2) is 8.42 Å². The number of aromatic nitrogens is 1. The summed E-state index contributed by atoms with van der Waals surface area (Å²) in [6, 6.07) is 0. The van der Waals surface area contributed by atoms with Crippen LogP contribution in [-0.2, 0) is 24.3 Å². The van der Waals surface area contributed by atoms with Gasteiger partial charge in [-0.05, 0) is 33.6 Å². The Morgan fingerprint density at radius 2 is 2.00 bits per heavy atom. The highest BCUT2D eigenvalue weighted by Gasteiger charge is 2.37. The quantitative estimate of drug-likeness (QED) is 0.684. The maximum atomic E-state index is 12.9. The smallest absolute Gasteiger partial charge is 0.311 e. The minimum absolute atomic E-state index is 0.00804. The molecule has 146 valence electrons. The van der Waals surface area contributed by atoms with Crippen molar-refractivity contribution in [1.82, 2.24) is 14.4 Å². The van der Waals surface area contributed by atoms with E-state index in [2.05, 4.69) is 5.16 Å². The van der Waals surface area contributed by atoms with E-state index < -0.39 is 28.0 Å². The molecule has 1 aliphatic heterocycles. The second-order valence-corrected chi connectivity index (χ2v) is 8.54. The van der Waals surface area contributed by atoms with Gasteiger partial charge in [0.15, 0.2) is 11.9 Å². The highest BCUT2D eigenvalue weighted by Crippen LogP contribution is 2.28. The van der Waals surface area contributed by atoms with Gasteiger partial charge in [0, 0.05) is 27.2 Å². The van der Waals surface area contributed by atoms with Gasteiger partial charge in [-0.1, -0.05) is 5.16 Å². The van der Waals surface area contributed by atoms with Gasteiger partial charge in [0.2, 0.25) is 10.0 Å². The Morgan fingerprint density at radius 1 is 1.35 bits per heavy atom. The monoisotopic (exact) mass is 387 g/mol. The number of esters is 1. The van der Waals surface area contributed by atoms with Crippen LogP contribution in [0.1, 0.15) is 31.2 Å². The summed E-state index contributed by atoms with van der Waals surface area (Å²) in [6.07, 6.45) is 0.125. The molecule has 10 heteroatoms. The molecule has 1 aliphatic rings. The van der Waals surface area contributed by atoms with Crippen molar-refractivity contribution >= 4 is 21.9 Å². The molecule has 0 radical (unpaired) electrons. The second kappa shape index (κ2) is 7.75. The molecule has 9 nitrogen and oxygen atoms in total. The van der Waals surface area contributed by atoms with Crippen molar-refractivity contribution in [3.05, 3.63) is 11.5 Å². The van der Waals surface area contributed by atoms with Crippen LogP contribution in [0.4, 0.5) is 0 Å². The van der Waals surface area contributed by atoms with Crippen molar-refractivity contribution in [1.29, 1.82) is 0 Å². The third-order valence-corrected chi connectivity index (χ3v) is 6.47. The molecular weight excluding hydrogens is 362 g/mol. The van der Waals surface area contributed by atoms with Gasteiger partial charge < -0.3 is 14.2 Å². The van der Waals surface area contributed by atoms with Gasteiger partial charge >= 0.3 is 5.97 Å². The third-order valence-electron chi connectivity index (χ3n) is 4.36. The van der Waals surface area contributed by atoms with Gasteiger partial charge in [-0.15, -0.1) is 0 Å². The van der Waals surface area contributed by atoms with Crippen molar-refractivity contribution in [3.63, 3.8) is 0 Å². The second-order valence-electron chi connectivity index (χ2n) is 6.67. The largest absolute Gasteiger partial charge is 0.452 e. The summed E-state index contributed by atoms with van der Waals surface area (Å²) in [5.41, 5.74) is 0.289. The summed E-state index contributed by atoms with van der Waals surface area (Å²) in [5.74, 6) is -1.28. The zero-order valence-corrected chi connectivity index (χ0v) is 16.5. The van der Waals surface area contributed by atoms with Gasteiger partial charge in [0.05, 0.1) is 5.92 Å². The first-order chi connectivity index (χ1) is 12.1. The van der Waals surface area contributed by atoms with Crippen LogP contribution >= 0.6 is 0 Å². The fourth-order valence-electron chi connectivity index (χ4n) is 3.01. The summed E-state index contributed by atoms with van der Waals surface area (Å²) in [5, 5.41) is 3.69. The number of nitrogens with zero attached hydrogens (tertiary/aromatic N) is 3. The van der Waals surface area contributed by atoms with Crippen LogP contribution in [0.15, 0.2) is 9.42 Å². The number of amides is 1. The van der Waals surface area contributed by atoms with E-state index in [0.717, 1.165) is 0 Å². The summed E-state index contributed by atoms with van der Waals surface area (Å²) >= 11 is 0. The Balaban J connectivity index is 2.12. The lowest BCUT2D eigenvalue weighted by Crippen LogP contribution is -2.44. The number of hydrogen-bond acceptors (Lipinski definition) is 7. The van der Waals surface area contributed by atoms with Crippen LogP contribution in [0.3, 0.4) is 0 Å². The molecule has 0 saturated carbocycles. The van der Waals surface area contributed by atoms with E-state index in [9.17, 15) is 18.0 Å². The number of ether oxygens (including phenoxy) is 1. The van der Waals surface area contributed by atoms with Crippen LogP contribution in [-0.4, -0.2) is 67.9 Å². The predicted molar refractivity (Wildman–Crippen MR) is 91.7 cm³/mol. The molecule has 2 rings (SSSR count). The molecule has 2 unspecified atom stereocenters. The zero-order valence-electron chi connectivity index (χ0n) is 15.7. The molecule has 0 aliphatic carbocycles. The van der Waals surface area contributed by atoms with Crippen molar-refractivity contribution in [2.75, 3.05) is 27.2 Å². The molecule has 1 amide bonds. The normalized spacial score (nSPS) is 19.8. The fourth-order valence-corrected chi connectivity index (χ4v) is 4.82. The molecular formula is C16H25N3O6S. The van der Waals surface area contributed by atoms with Crippen LogP contribution in [0, 0.1) is 19.8 Å². The van der Waals surface area contributed by atoms with Crippen LogP contribution in [0.25, 0.3) is 0 Å². The molecule has 0 aromatic carbocycles.